The molecule has 0 amide bonds. The van der Waals surface area contributed by atoms with E-state index in [1.165, 1.54) is 0 Å². The summed E-state index contributed by atoms with van der Waals surface area (Å²) in [4.78, 5) is 0.162. The molecule has 1 rings (SSSR count). The van der Waals surface area contributed by atoms with E-state index in [1.54, 1.807) is 6.07 Å². The Morgan fingerprint density at radius 2 is 2.00 bits per heavy atom. The van der Waals surface area contributed by atoms with Gasteiger partial charge in [0, 0.05) is 12.1 Å². The van der Waals surface area contributed by atoms with Crippen molar-refractivity contribution in [2.24, 2.45) is 5.92 Å². The van der Waals surface area contributed by atoms with Crippen LogP contribution in [0.5, 0.6) is 0 Å². The van der Waals surface area contributed by atoms with E-state index in [2.05, 4.69) is 32.9 Å². The summed E-state index contributed by atoms with van der Waals surface area (Å²) in [6, 6.07) is 1.49. The van der Waals surface area contributed by atoms with E-state index in [1.807, 2.05) is 20.8 Å². The van der Waals surface area contributed by atoms with Gasteiger partial charge in [-0.3, -0.25) is 0 Å². The van der Waals surface area contributed by atoms with Crippen molar-refractivity contribution in [2.45, 2.75) is 58.0 Å². The van der Waals surface area contributed by atoms with Crippen LogP contribution in [0.2, 0.25) is 0 Å². The van der Waals surface area contributed by atoms with Gasteiger partial charge in [-0.25, -0.2) is 13.1 Å². The number of furan rings is 1. The second-order valence-corrected chi connectivity index (χ2v) is 7.81. The normalized spacial score (nSPS) is 13.8. The van der Waals surface area contributed by atoms with Crippen molar-refractivity contribution in [3.8, 4) is 0 Å². The van der Waals surface area contributed by atoms with Gasteiger partial charge < -0.3 is 9.73 Å². The van der Waals surface area contributed by atoms with Gasteiger partial charge in [-0.2, -0.15) is 0 Å². The third-order valence-corrected chi connectivity index (χ3v) is 5.62. The summed E-state index contributed by atoms with van der Waals surface area (Å²) in [6.45, 7) is 9.43. The maximum Gasteiger partial charge on any atom is 0.245 e. The molecule has 122 valence electrons. The molecule has 0 aliphatic heterocycles. The van der Waals surface area contributed by atoms with Crippen molar-refractivity contribution in [1.29, 1.82) is 0 Å². The van der Waals surface area contributed by atoms with Crippen molar-refractivity contribution in [2.75, 3.05) is 6.54 Å². The first-order valence-electron chi connectivity index (χ1n) is 7.33. The van der Waals surface area contributed by atoms with Gasteiger partial charge >= 0.3 is 0 Å². The fraction of sp³-hybridized carbons (Fsp3) is 0.714. The van der Waals surface area contributed by atoms with E-state index >= 15 is 0 Å². The summed E-state index contributed by atoms with van der Waals surface area (Å²) < 4.78 is 33.3. The molecule has 5 nitrogen and oxygen atoms in total. The highest BCUT2D eigenvalue weighted by molar-refractivity contribution is 9.10. The molecular formula is C14H25BrN2O3S. The topological polar surface area (TPSA) is 71.3 Å². The van der Waals surface area contributed by atoms with Gasteiger partial charge in [0.1, 0.15) is 10.7 Å². The fourth-order valence-electron chi connectivity index (χ4n) is 2.01. The van der Waals surface area contributed by atoms with Gasteiger partial charge in [0.2, 0.25) is 10.0 Å². The smallest absolute Gasteiger partial charge is 0.245 e. The van der Waals surface area contributed by atoms with Crippen LogP contribution in [0.15, 0.2) is 20.0 Å². The Bertz CT molecular complexity index is 540. The molecule has 1 aromatic rings. The van der Waals surface area contributed by atoms with Crippen LogP contribution in [-0.4, -0.2) is 21.0 Å². The Hall–Kier alpha value is -0.370. The van der Waals surface area contributed by atoms with Gasteiger partial charge in [0.15, 0.2) is 4.67 Å². The van der Waals surface area contributed by atoms with Gasteiger partial charge in [-0.15, -0.1) is 0 Å². The van der Waals surface area contributed by atoms with Crippen LogP contribution in [-0.2, 0) is 16.6 Å². The first-order valence-corrected chi connectivity index (χ1v) is 9.60. The SMILES string of the molecule is CCCNCc1cc(S(=O)(=O)NC(CC)C(C)C)c(Br)o1. The third kappa shape index (κ3) is 5.39. The predicted octanol–water partition coefficient (Wildman–Crippen LogP) is 3.25. The molecule has 1 unspecified atom stereocenters. The lowest BCUT2D eigenvalue weighted by Gasteiger charge is -2.20. The van der Waals surface area contributed by atoms with Crippen molar-refractivity contribution in [3.63, 3.8) is 0 Å². The van der Waals surface area contributed by atoms with E-state index in [0.29, 0.717) is 12.3 Å². The molecule has 0 bridgehead atoms. The van der Waals surface area contributed by atoms with E-state index in [9.17, 15) is 8.42 Å². The Morgan fingerprint density at radius 1 is 1.33 bits per heavy atom. The zero-order chi connectivity index (χ0) is 16.0. The Balaban J connectivity index is 2.88. The minimum Gasteiger partial charge on any atom is -0.452 e. The number of nitrogens with one attached hydrogen (secondary N) is 2. The fourth-order valence-corrected chi connectivity index (χ4v) is 4.48. The van der Waals surface area contributed by atoms with Crippen molar-refractivity contribution in [3.05, 3.63) is 16.5 Å². The van der Waals surface area contributed by atoms with Crippen LogP contribution >= 0.6 is 15.9 Å². The minimum atomic E-state index is -3.58. The van der Waals surface area contributed by atoms with Crippen LogP contribution in [0.25, 0.3) is 0 Å². The highest BCUT2D eigenvalue weighted by atomic mass is 79.9. The van der Waals surface area contributed by atoms with E-state index in [4.69, 9.17) is 4.42 Å². The van der Waals surface area contributed by atoms with Gasteiger partial charge in [-0.1, -0.05) is 27.7 Å². The summed E-state index contributed by atoms with van der Waals surface area (Å²) in [5.41, 5.74) is 0. The molecule has 0 fully saturated rings. The number of halogens is 1. The lowest BCUT2D eigenvalue weighted by atomic mass is 10.0. The standard InChI is InChI=1S/C14H25BrN2O3S/c1-5-7-16-9-11-8-13(14(15)20-11)21(18,19)17-12(6-2)10(3)4/h8,10,12,16-17H,5-7,9H2,1-4H3. The van der Waals surface area contributed by atoms with Gasteiger partial charge in [-0.05, 0) is 41.2 Å². The quantitative estimate of drug-likeness (QED) is 0.644. The largest absolute Gasteiger partial charge is 0.452 e. The Morgan fingerprint density at radius 3 is 2.52 bits per heavy atom. The molecule has 0 saturated heterocycles. The zero-order valence-corrected chi connectivity index (χ0v) is 15.5. The second-order valence-electron chi connectivity index (χ2n) is 5.41. The average Bonchev–Trinajstić information content (AvgIpc) is 2.78. The monoisotopic (exact) mass is 380 g/mol. The maximum atomic E-state index is 12.4. The molecule has 21 heavy (non-hydrogen) atoms. The zero-order valence-electron chi connectivity index (χ0n) is 13.1. The number of hydrogen-bond donors (Lipinski definition) is 2. The molecule has 0 spiro atoms. The predicted molar refractivity (Wildman–Crippen MR) is 87.6 cm³/mol. The molecular weight excluding hydrogens is 356 g/mol. The third-order valence-electron chi connectivity index (χ3n) is 3.27. The highest BCUT2D eigenvalue weighted by Gasteiger charge is 2.26. The van der Waals surface area contributed by atoms with E-state index in [-0.39, 0.29) is 21.5 Å². The molecule has 1 heterocycles. The molecule has 1 aromatic heterocycles. The molecule has 0 radical (unpaired) electrons. The van der Waals surface area contributed by atoms with Gasteiger partial charge in [0.05, 0.1) is 6.54 Å². The van der Waals surface area contributed by atoms with Crippen molar-refractivity contribution in [1.82, 2.24) is 10.0 Å². The first kappa shape index (κ1) is 18.7. The summed E-state index contributed by atoms with van der Waals surface area (Å²) in [5, 5.41) is 3.18. The van der Waals surface area contributed by atoms with Crippen LogP contribution in [0.3, 0.4) is 0 Å². The second kappa shape index (κ2) is 8.31. The molecule has 0 saturated carbocycles. The number of hydrogen-bond acceptors (Lipinski definition) is 4. The molecule has 0 aliphatic carbocycles. The highest BCUT2D eigenvalue weighted by Crippen LogP contribution is 2.26. The summed E-state index contributed by atoms with van der Waals surface area (Å²) >= 11 is 3.20. The van der Waals surface area contributed by atoms with Crippen LogP contribution in [0.4, 0.5) is 0 Å². The van der Waals surface area contributed by atoms with Crippen LogP contribution in [0.1, 0.15) is 46.3 Å². The Labute approximate surface area is 136 Å². The number of rotatable bonds is 9. The van der Waals surface area contributed by atoms with E-state index < -0.39 is 10.0 Å². The molecule has 0 aliphatic rings. The first-order chi connectivity index (χ1) is 9.81. The summed E-state index contributed by atoms with van der Waals surface area (Å²) in [5.74, 6) is 0.842. The van der Waals surface area contributed by atoms with Crippen LogP contribution < -0.4 is 10.0 Å². The van der Waals surface area contributed by atoms with Crippen molar-refractivity contribution >= 4 is 26.0 Å². The molecule has 1 atom stereocenters. The average molecular weight is 381 g/mol. The van der Waals surface area contributed by atoms with E-state index in [0.717, 1.165) is 19.4 Å². The lowest BCUT2D eigenvalue weighted by Crippen LogP contribution is -2.37. The van der Waals surface area contributed by atoms with Crippen molar-refractivity contribution < 1.29 is 12.8 Å². The molecule has 7 heteroatoms. The Kier molecular flexibility index (Phi) is 7.39. The lowest BCUT2D eigenvalue weighted by molar-refractivity contribution is 0.435. The summed E-state index contributed by atoms with van der Waals surface area (Å²) in [6.07, 6.45) is 1.76. The summed E-state index contributed by atoms with van der Waals surface area (Å²) in [7, 11) is -3.58. The van der Waals surface area contributed by atoms with Crippen LogP contribution in [0, 0.1) is 5.92 Å². The minimum absolute atomic E-state index is 0.0848. The van der Waals surface area contributed by atoms with Gasteiger partial charge in [0.25, 0.3) is 0 Å². The maximum absolute atomic E-state index is 12.4. The molecule has 2 N–H and O–H groups in total. The molecule has 0 aromatic carbocycles. The number of sulfonamides is 1.